The summed E-state index contributed by atoms with van der Waals surface area (Å²) in [6.45, 7) is 4.96. The van der Waals surface area contributed by atoms with Crippen molar-refractivity contribution in [2.75, 3.05) is 0 Å². The number of hydrogen-bond donors (Lipinski definition) is 1. The first-order valence-electron chi connectivity index (χ1n) is 4.91. The Bertz CT molecular complexity index is 375. The summed E-state index contributed by atoms with van der Waals surface area (Å²) in [6.07, 6.45) is 2.19. The van der Waals surface area contributed by atoms with E-state index in [0.29, 0.717) is 6.42 Å². The van der Waals surface area contributed by atoms with Crippen molar-refractivity contribution in [1.29, 1.82) is 0 Å². The quantitative estimate of drug-likeness (QED) is 0.523. The zero-order valence-corrected chi connectivity index (χ0v) is 10.6. The highest BCUT2D eigenvalue weighted by atomic mass is 79.9. The fourth-order valence-corrected chi connectivity index (χ4v) is 1.70. The van der Waals surface area contributed by atoms with E-state index in [4.69, 9.17) is 0 Å². The molecule has 4 heteroatoms. The van der Waals surface area contributed by atoms with E-state index >= 15 is 0 Å². The highest BCUT2D eigenvalue weighted by Gasteiger charge is 2.19. The second-order valence-corrected chi connectivity index (χ2v) is 4.37. The molecule has 1 aromatic carbocycles. The Morgan fingerprint density at radius 3 is 2.56 bits per heavy atom. The van der Waals surface area contributed by atoms with Crippen LogP contribution in [-0.2, 0) is 4.79 Å². The lowest BCUT2D eigenvalue weighted by Gasteiger charge is -2.24. The van der Waals surface area contributed by atoms with Gasteiger partial charge in [0.05, 0.1) is 6.04 Å². The first-order valence-corrected chi connectivity index (χ1v) is 5.70. The summed E-state index contributed by atoms with van der Waals surface area (Å²) in [5.74, 6) is -0.380. The Hall–Kier alpha value is -1.13. The Morgan fingerprint density at radius 1 is 1.56 bits per heavy atom. The van der Waals surface area contributed by atoms with Crippen LogP contribution in [0, 0.1) is 0 Å². The maximum Gasteiger partial charge on any atom is 0.243 e. The number of rotatable bonds is 4. The van der Waals surface area contributed by atoms with Crippen LogP contribution < -0.4 is 0 Å². The molecule has 0 bridgehead atoms. The number of nitrogens with zero attached hydrogens (tertiary/aromatic N) is 1. The third-order valence-corrected chi connectivity index (χ3v) is 2.79. The topological polar surface area (TPSA) is 40.5 Å². The second-order valence-electron chi connectivity index (χ2n) is 3.46. The molecule has 1 atom stereocenters. The van der Waals surface area contributed by atoms with E-state index in [2.05, 4.69) is 22.5 Å². The molecule has 1 aromatic rings. The Labute approximate surface area is 103 Å². The molecule has 16 heavy (non-hydrogen) atoms. The average molecular weight is 284 g/mol. The average Bonchev–Trinajstić information content (AvgIpc) is 2.26. The van der Waals surface area contributed by atoms with Crippen LogP contribution in [0.25, 0.3) is 0 Å². The van der Waals surface area contributed by atoms with Crippen molar-refractivity contribution >= 4 is 21.8 Å². The lowest BCUT2D eigenvalue weighted by Crippen LogP contribution is -2.29. The number of carbonyl (C=O) groups is 1. The summed E-state index contributed by atoms with van der Waals surface area (Å²) < 4.78 is 0.959. The summed E-state index contributed by atoms with van der Waals surface area (Å²) >= 11 is 3.34. The third-order valence-electron chi connectivity index (χ3n) is 2.26. The fourth-order valence-electron chi connectivity index (χ4n) is 1.44. The molecule has 0 saturated heterocycles. The van der Waals surface area contributed by atoms with E-state index in [0.717, 1.165) is 15.1 Å². The summed E-state index contributed by atoms with van der Waals surface area (Å²) in [5.41, 5.74) is 0.876. The Morgan fingerprint density at radius 2 is 2.12 bits per heavy atom. The molecular formula is C12H14BrNO2. The van der Waals surface area contributed by atoms with E-state index in [1.54, 1.807) is 6.08 Å². The molecular weight excluding hydrogens is 270 g/mol. The van der Waals surface area contributed by atoms with E-state index < -0.39 is 0 Å². The minimum atomic E-state index is -0.380. The van der Waals surface area contributed by atoms with Crippen molar-refractivity contribution in [3.05, 3.63) is 47.0 Å². The zero-order valence-electron chi connectivity index (χ0n) is 9.06. The van der Waals surface area contributed by atoms with Gasteiger partial charge in [-0.25, -0.2) is 5.06 Å². The summed E-state index contributed by atoms with van der Waals surface area (Å²) in [6, 6.07) is 7.11. The zero-order chi connectivity index (χ0) is 12.1. The fraction of sp³-hybridized carbons (Fsp3) is 0.250. The van der Waals surface area contributed by atoms with Gasteiger partial charge in [-0.2, -0.15) is 0 Å². The number of halogens is 1. The molecule has 0 radical (unpaired) electrons. The molecule has 0 aliphatic carbocycles. The molecule has 0 aliphatic heterocycles. The molecule has 3 nitrogen and oxygen atoms in total. The van der Waals surface area contributed by atoms with Crippen molar-refractivity contribution in [3.63, 3.8) is 0 Å². The van der Waals surface area contributed by atoms with Gasteiger partial charge in [-0.3, -0.25) is 10.0 Å². The number of amides is 1. The first-order chi connectivity index (χ1) is 7.56. The minimum Gasteiger partial charge on any atom is -0.285 e. The second kappa shape index (κ2) is 5.82. The highest BCUT2D eigenvalue weighted by molar-refractivity contribution is 9.10. The van der Waals surface area contributed by atoms with Gasteiger partial charge in [-0.1, -0.05) is 34.1 Å². The molecule has 0 aromatic heterocycles. The van der Waals surface area contributed by atoms with Crippen LogP contribution >= 0.6 is 15.9 Å². The molecule has 1 N–H and O–H groups in total. The molecule has 0 aliphatic rings. The Balaban J connectivity index is 2.97. The van der Waals surface area contributed by atoms with Gasteiger partial charge in [0.15, 0.2) is 0 Å². The monoisotopic (exact) mass is 283 g/mol. The molecule has 86 valence electrons. The lowest BCUT2D eigenvalue weighted by molar-refractivity contribution is -0.173. The summed E-state index contributed by atoms with van der Waals surface area (Å²) in [5, 5.41) is 10.4. The van der Waals surface area contributed by atoms with Crippen LogP contribution in [0.5, 0.6) is 0 Å². The summed E-state index contributed by atoms with van der Waals surface area (Å²) in [7, 11) is 0. The van der Waals surface area contributed by atoms with Gasteiger partial charge in [-0.15, -0.1) is 6.58 Å². The van der Waals surface area contributed by atoms with Gasteiger partial charge in [-0.05, 0) is 24.1 Å². The van der Waals surface area contributed by atoms with Crippen LogP contribution in [0.2, 0.25) is 0 Å². The van der Waals surface area contributed by atoms with Crippen LogP contribution in [0.15, 0.2) is 41.4 Å². The number of carbonyl (C=O) groups excluding carboxylic acids is 1. The predicted octanol–water partition coefficient (Wildman–Crippen LogP) is 3.30. The van der Waals surface area contributed by atoms with Crippen LogP contribution in [0.1, 0.15) is 24.9 Å². The van der Waals surface area contributed by atoms with E-state index in [9.17, 15) is 10.0 Å². The van der Waals surface area contributed by atoms with Crippen molar-refractivity contribution in [3.8, 4) is 0 Å². The smallest absolute Gasteiger partial charge is 0.243 e. The van der Waals surface area contributed by atoms with Gasteiger partial charge in [0, 0.05) is 11.4 Å². The van der Waals surface area contributed by atoms with Crippen LogP contribution in [0.4, 0.5) is 0 Å². The molecule has 0 heterocycles. The van der Waals surface area contributed by atoms with Crippen molar-refractivity contribution in [2.45, 2.75) is 19.4 Å². The predicted molar refractivity (Wildman–Crippen MR) is 66.0 cm³/mol. The molecule has 0 spiro atoms. The first kappa shape index (κ1) is 12.9. The number of hydroxylamine groups is 2. The number of hydrogen-bond acceptors (Lipinski definition) is 2. The SMILES string of the molecule is C=CCC(c1ccc(Br)cc1)N(O)C(C)=O. The molecule has 0 fully saturated rings. The van der Waals surface area contributed by atoms with Gasteiger partial charge in [0.1, 0.15) is 0 Å². The van der Waals surface area contributed by atoms with E-state index in [-0.39, 0.29) is 11.9 Å². The standard InChI is InChI=1S/C12H14BrNO2/c1-3-4-12(14(16)9(2)15)10-5-7-11(13)8-6-10/h3,5-8,12,16H,1,4H2,2H3. The van der Waals surface area contributed by atoms with Crippen molar-refractivity contribution in [1.82, 2.24) is 5.06 Å². The lowest BCUT2D eigenvalue weighted by atomic mass is 10.0. The molecule has 1 amide bonds. The van der Waals surface area contributed by atoms with Crippen LogP contribution in [-0.4, -0.2) is 16.2 Å². The highest BCUT2D eigenvalue weighted by Crippen LogP contribution is 2.24. The molecule has 1 unspecified atom stereocenters. The van der Waals surface area contributed by atoms with Crippen molar-refractivity contribution < 1.29 is 10.0 Å². The summed E-state index contributed by atoms with van der Waals surface area (Å²) in [4.78, 5) is 11.1. The van der Waals surface area contributed by atoms with Gasteiger partial charge >= 0.3 is 0 Å². The van der Waals surface area contributed by atoms with E-state index in [1.807, 2.05) is 24.3 Å². The minimum absolute atomic E-state index is 0.372. The third kappa shape index (κ3) is 3.18. The number of benzene rings is 1. The van der Waals surface area contributed by atoms with Crippen molar-refractivity contribution in [2.24, 2.45) is 0 Å². The van der Waals surface area contributed by atoms with Crippen LogP contribution in [0.3, 0.4) is 0 Å². The molecule has 1 rings (SSSR count). The largest absolute Gasteiger partial charge is 0.285 e. The maximum atomic E-state index is 11.1. The van der Waals surface area contributed by atoms with Gasteiger partial charge in [0.25, 0.3) is 0 Å². The normalized spacial score (nSPS) is 11.9. The van der Waals surface area contributed by atoms with Gasteiger partial charge < -0.3 is 0 Å². The van der Waals surface area contributed by atoms with E-state index in [1.165, 1.54) is 6.92 Å². The van der Waals surface area contributed by atoms with Gasteiger partial charge in [0.2, 0.25) is 5.91 Å². The Kier molecular flexibility index (Phi) is 4.71. The maximum absolute atomic E-state index is 11.1. The molecule has 0 saturated carbocycles.